The van der Waals surface area contributed by atoms with Gasteiger partial charge in [0.2, 0.25) is 6.29 Å². The van der Waals surface area contributed by atoms with E-state index >= 15 is 4.79 Å². The highest BCUT2D eigenvalue weighted by Gasteiger charge is 2.73. The summed E-state index contributed by atoms with van der Waals surface area (Å²) in [5.41, 5.74) is -6.66. The topological polar surface area (TPSA) is 768 Å². The van der Waals surface area contributed by atoms with Crippen molar-refractivity contribution >= 4 is 5.97 Å². The number of rotatable bonds is 25. The molecule has 14 fully saturated rings. The molecule has 10 aliphatic heterocycles. The number of aliphatic hydroxyl groups excluding tert-OH is 27. The van der Waals surface area contributed by atoms with Crippen molar-refractivity contribution in [3.8, 4) is 0 Å². The SMILES string of the molecule is CC1OC(OC2C(O)C(C)OC(OC(=O)C34CCC(C)(C)CC3C3=CCC5C6(C)CC(O)C(OC7OC(CO)C(O)C(OC8OC(CO)C(O)C(OC9OCC(O)(CO)C9O)C8O)C7O)C(C)(CO)C6CCC5(C)C3(C)CC4)C2OC2OC(C)C(OC3OCC(O)C(OC4OC(C)C(O)C(O)C4OC4OC(CO)C(O)C(O)C4O)C3O)C(OC3OC(O)C(O)C(O)C3O)C2O)C(O)C(O)C1O. The fourth-order valence-electron chi connectivity index (χ4n) is 24.5. The molecule has 49 heteroatoms. The summed E-state index contributed by atoms with van der Waals surface area (Å²) in [7, 11) is 0. The molecule has 0 spiro atoms. The lowest BCUT2D eigenvalue weighted by Crippen LogP contribution is -2.70. The van der Waals surface area contributed by atoms with Crippen LogP contribution in [0.25, 0.3) is 0 Å². The van der Waals surface area contributed by atoms with Crippen LogP contribution in [0.2, 0.25) is 0 Å². The highest BCUT2D eigenvalue weighted by atomic mass is 16.8. The lowest BCUT2D eigenvalue weighted by molar-refractivity contribution is -0.411. The summed E-state index contributed by atoms with van der Waals surface area (Å²) in [5, 5.41) is 315. The normalized spacial score (nSPS) is 56.0. The molecular weight excluding hydrogens is 1830 g/mol. The maximum atomic E-state index is 16.5. The monoisotopic (exact) mass is 1970 g/mol. The fraction of sp³-hybridized carbons (Fsp3) is 0.966. The maximum absolute atomic E-state index is 16.5. The van der Waals surface area contributed by atoms with Gasteiger partial charge in [-0.1, -0.05) is 53.2 Å². The van der Waals surface area contributed by atoms with Crippen molar-refractivity contribution in [1.29, 1.82) is 0 Å². The Bertz CT molecular complexity index is 4000. The second kappa shape index (κ2) is 41.2. The highest BCUT2D eigenvalue weighted by molar-refractivity contribution is 5.79. The molecule has 57 atom stereocenters. The molecule has 0 aromatic heterocycles. The van der Waals surface area contributed by atoms with Gasteiger partial charge in [0.15, 0.2) is 69.0 Å². The van der Waals surface area contributed by atoms with Gasteiger partial charge in [0.1, 0.15) is 189 Å². The Kier molecular flexibility index (Phi) is 32.6. The first kappa shape index (κ1) is 108. The minimum absolute atomic E-state index is 0.0428. The van der Waals surface area contributed by atoms with Gasteiger partial charge >= 0.3 is 5.97 Å². The Labute approximate surface area is 781 Å². The third kappa shape index (κ3) is 19.0. The minimum Gasteiger partial charge on any atom is -0.432 e. The van der Waals surface area contributed by atoms with Gasteiger partial charge in [-0.05, 0) is 125 Å². The molecule has 5 aliphatic carbocycles. The number of esters is 1. The lowest BCUT2D eigenvalue weighted by Gasteiger charge is -2.72. The van der Waals surface area contributed by atoms with E-state index in [4.69, 9.17) is 94.7 Å². The molecule has 0 aromatic rings. The first-order valence-electron chi connectivity index (χ1n) is 46.9. The molecule has 57 unspecified atom stereocenters. The van der Waals surface area contributed by atoms with Gasteiger partial charge < -0.3 is 238 Å². The second-order valence-electron chi connectivity index (χ2n) is 42.0. The molecule has 4 saturated carbocycles. The van der Waals surface area contributed by atoms with Gasteiger partial charge in [0.05, 0.1) is 88.3 Å². The van der Waals surface area contributed by atoms with Crippen LogP contribution in [-0.2, 0) is 99.5 Å². The van der Waals surface area contributed by atoms with E-state index in [1.807, 2.05) is 0 Å². The van der Waals surface area contributed by atoms with Gasteiger partial charge in [-0.3, -0.25) is 4.79 Å². The number of allylic oxidation sites excluding steroid dienone is 2. The summed E-state index contributed by atoms with van der Waals surface area (Å²) < 4.78 is 122. The molecule has 0 bridgehead atoms. The summed E-state index contributed by atoms with van der Waals surface area (Å²) in [4.78, 5) is 16.5. The Morgan fingerprint density at radius 2 is 0.831 bits per heavy atom. The standard InChI is InChI=1S/C87H142O49/c1-28-41(95)47(101)52(106)71(119-28)130-63-43(97)30(3)121-78(66(63)133-74-58(112)64(131-73-54(108)49(103)51(105)69(114)135-73)59(31(4)122-74)126-70-55(109)60(35(94)24-117-70)127-77-65(50(104)42(96)29(2)120-77)132-72-53(107)48(102)44(98)36(21-88)123-72)136-80(115)86-17-15-81(5,6)19-33(86)32-11-12-40-82(7)20-34(93)68(83(8,25-91)39(82)13-14-85(40,10)84(32,9)16-18-86)134-76-57(111)61(45(99)38(23-90)125-76)128-75-56(110)62(46(100)37(22-89)124-75)129-79-67(113)87(116,26-92)27-118-79/h11,28-31,33-79,88-114,116H,12-27H2,1-10H3. The van der Waals surface area contributed by atoms with Crippen LogP contribution in [0.4, 0.5) is 0 Å². The second-order valence-corrected chi connectivity index (χ2v) is 42.0. The smallest absolute Gasteiger partial charge is 0.315 e. The van der Waals surface area contributed by atoms with Gasteiger partial charge in [0, 0.05) is 5.41 Å². The van der Waals surface area contributed by atoms with Crippen LogP contribution in [0.5, 0.6) is 0 Å². The number of hydrogen-bond donors (Lipinski definition) is 28. The average Bonchev–Trinajstić information content (AvgIpc) is 0.700. The number of carbonyl (C=O) groups excluding carboxylic acids is 1. The molecule has 10 heterocycles. The first-order chi connectivity index (χ1) is 63.9. The highest BCUT2D eigenvalue weighted by Crippen LogP contribution is 2.76. The summed E-state index contributed by atoms with van der Waals surface area (Å²) in [6.45, 7) is 12.0. The molecule has 15 aliphatic rings. The average molecular weight is 1970 g/mol. The van der Waals surface area contributed by atoms with Crippen molar-refractivity contribution < 1.29 is 243 Å². The molecule has 0 aromatic carbocycles. The maximum Gasteiger partial charge on any atom is 0.315 e. The van der Waals surface area contributed by atoms with E-state index in [0.29, 0.717) is 38.5 Å². The van der Waals surface area contributed by atoms with Crippen LogP contribution >= 0.6 is 0 Å². The zero-order valence-corrected chi connectivity index (χ0v) is 76.9. The van der Waals surface area contributed by atoms with Crippen molar-refractivity contribution in [2.75, 3.05) is 46.2 Å². The molecule has 28 N–H and O–H groups in total. The summed E-state index contributed by atoms with van der Waals surface area (Å²) in [6.07, 6.45) is -85.7. The number of fused-ring (bicyclic) bond motifs is 7. The van der Waals surface area contributed by atoms with Crippen LogP contribution < -0.4 is 0 Å². The molecule has 10 saturated heterocycles. The number of hydrogen-bond acceptors (Lipinski definition) is 49. The quantitative estimate of drug-likeness (QED) is 0.0229. The third-order valence-corrected chi connectivity index (χ3v) is 33.1. The molecule has 0 amide bonds. The van der Waals surface area contributed by atoms with Gasteiger partial charge in [0.25, 0.3) is 0 Å². The van der Waals surface area contributed by atoms with Gasteiger partial charge in [-0.25, -0.2) is 0 Å². The van der Waals surface area contributed by atoms with Gasteiger partial charge in [-0.2, -0.15) is 0 Å². The Hall–Kier alpha value is -2.67. The van der Waals surface area contributed by atoms with Crippen LogP contribution in [0.1, 0.15) is 127 Å². The molecule has 0 radical (unpaired) electrons. The fourth-order valence-corrected chi connectivity index (χ4v) is 24.5. The molecular formula is C87H142O49. The molecule has 784 valence electrons. The van der Waals surface area contributed by atoms with Crippen molar-refractivity contribution in [3.63, 3.8) is 0 Å². The van der Waals surface area contributed by atoms with Crippen molar-refractivity contribution in [2.45, 2.75) is 428 Å². The van der Waals surface area contributed by atoms with Crippen LogP contribution in [0.15, 0.2) is 11.6 Å². The Morgan fingerprint density at radius 3 is 1.43 bits per heavy atom. The number of ether oxygens (including phenoxy) is 20. The van der Waals surface area contributed by atoms with Crippen molar-refractivity contribution in [1.82, 2.24) is 0 Å². The molecule has 15 rings (SSSR count). The van der Waals surface area contributed by atoms with Crippen LogP contribution in [0, 0.1) is 50.2 Å². The summed E-state index contributed by atoms with van der Waals surface area (Å²) in [5.74, 6) is -2.15. The largest absolute Gasteiger partial charge is 0.432 e. The number of aliphatic hydroxyl groups is 28. The Balaban J connectivity index is 0.694. The van der Waals surface area contributed by atoms with Crippen LogP contribution in [0.3, 0.4) is 0 Å². The van der Waals surface area contributed by atoms with Crippen molar-refractivity contribution in [2.24, 2.45) is 50.2 Å². The molecule has 136 heavy (non-hydrogen) atoms. The lowest BCUT2D eigenvalue weighted by atomic mass is 9.33. The van der Waals surface area contributed by atoms with Crippen LogP contribution in [-0.4, -0.2) is 496 Å². The predicted octanol–water partition coefficient (Wildman–Crippen LogP) is -11.8. The Morgan fingerprint density at radius 1 is 0.375 bits per heavy atom. The van der Waals surface area contributed by atoms with E-state index in [0.717, 1.165) is 5.57 Å². The zero-order valence-electron chi connectivity index (χ0n) is 76.9. The number of carbonyl (C=O) groups is 1. The third-order valence-electron chi connectivity index (χ3n) is 33.1. The van der Waals surface area contributed by atoms with Crippen molar-refractivity contribution in [3.05, 3.63) is 11.6 Å². The van der Waals surface area contributed by atoms with E-state index in [2.05, 4.69) is 40.7 Å². The van der Waals surface area contributed by atoms with E-state index in [1.165, 1.54) is 27.7 Å². The van der Waals surface area contributed by atoms with E-state index in [1.54, 1.807) is 6.92 Å². The molecule has 49 nitrogen and oxygen atoms in total. The first-order valence-corrected chi connectivity index (χ1v) is 46.9. The minimum atomic E-state index is -2.37. The van der Waals surface area contributed by atoms with Gasteiger partial charge in [-0.15, -0.1) is 0 Å². The zero-order chi connectivity index (χ0) is 99.3. The predicted molar refractivity (Wildman–Crippen MR) is 439 cm³/mol. The van der Waals surface area contributed by atoms with E-state index in [9.17, 15) is 143 Å². The summed E-state index contributed by atoms with van der Waals surface area (Å²) >= 11 is 0. The van der Waals surface area contributed by atoms with E-state index in [-0.39, 0.29) is 25.2 Å². The summed E-state index contributed by atoms with van der Waals surface area (Å²) in [6, 6.07) is 0. The van der Waals surface area contributed by atoms with E-state index < -0.39 is 397 Å².